The number of hydrogen-bond acceptors (Lipinski definition) is 3. The predicted molar refractivity (Wildman–Crippen MR) is 58.4 cm³/mol. The van der Waals surface area contributed by atoms with Gasteiger partial charge in [-0.2, -0.15) is 31.8 Å². The molecule has 0 aliphatic carbocycles. The standard InChI is InChI=1S/C11H10F6N2O2/c12-10(13,14)7-1-6(4-19-21-5-9(18)20)2-8(3-7)11(15,16)17/h1-3,19H,4-5H2,(H2,18,20). The van der Waals surface area contributed by atoms with Gasteiger partial charge in [0.25, 0.3) is 0 Å². The summed E-state index contributed by atoms with van der Waals surface area (Å²) in [5.74, 6) is -0.845. The molecule has 3 N–H and O–H groups in total. The number of alkyl halides is 6. The number of primary amides is 1. The van der Waals surface area contributed by atoms with Crippen LogP contribution in [0.3, 0.4) is 0 Å². The topological polar surface area (TPSA) is 64.4 Å². The molecule has 118 valence electrons. The van der Waals surface area contributed by atoms with Crippen LogP contribution in [-0.4, -0.2) is 12.5 Å². The van der Waals surface area contributed by atoms with E-state index < -0.39 is 42.5 Å². The van der Waals surface area contributed by atoms with Crippen molar-refractivity contribution in [2.24, 2.45) is 5.73 Å². The van der Waals surface area contributed by atoms with Gasteiger partial charge >= 0.3 is 12.4 Å². The van der Waals surface area contributed by atoms with Crippen molar-refractivity contribution in [3.63, 3.8) is 0 Å². The van der Waals surface area contributed by atoms with Gasteiger partial charge in [0.05, 0.1) is 11.1 Å². The van der Waals surface area contributed by atoms with Crippen LogP contribution in [0.4, 0.5) is 26.3 Å². The van der Waals surface area contributed by atoms with E-state index in [4.69, 9.17) is 5.73 Å². The van der Waals surface area contributed by atoms with Crippen molar-refractivity contribution in [3.05, 3.63) is 34.9 Å². The second-order valence-electron chi connectivity index (χ2n) is 3.99. The van der Waals surface area contributed by atoms with Gasteiger partial charge in [-0.3, -0.25) is 9.63 Å². The van der Waals surface area contributed by atoms with Gasteiger partial charge in [0.15, 0.2) is 0 Å². The average Bonchev–Trinajstić information content (AvgIpc) is 2.32. The third kappa shape index (κ3) is 5.60. The summed E-state index contributed by atoms with van der Waals surface area (Å²) in [6.45, 7) is -1.02. The third-order valence-corrected chi connectivity index (χ3v) is 2.24. The van der Waals surface area contributed by atoms with Crippen molar-refractivity contribution >= 4 is 5.91 Å². The van der Waals surface area contributed by atoms with Crippen LogP contribution in [0.15, 0.2) is 18.2 Å². The van der Waals surface area contributed by atoms with E-state index in [9.17, 15) is 31.1 Å². The molecule has 0 saturated carbocycles. The van der Waals surface area contributed by atoms with Crippen LogP contribution < -0.4 is 11.2 Å². The molecule has 1 rings (SSSR count). The van der Waals surface area contributed by atoms with E-state index in [2.05, 4.69) is 10.3 Å². The molecule has 0 atom stereocenters. The smallest absolute Gasteiger partial charge is 0.368 e. The number of amides is 1. The lowest BCUT2D eigenvalue weighted by atomic mass is 10.0. The predicted octanol–water partition coefficient (Wildman–Crippen LogP) is 2.23. The van der Waals surface area contributed by atoms with Crippen LogP contribution in [0, 0.1) is 0 Å². The maximum absolute atomic E-state index is 12.6. The Balaban J connectivity index is 2.95. The van der Waals surface area contributed by atoms with Crippen molar-refractivity contribution in [2.45, 2.75) is 18.9 Å². The summed E-state index contributed by atoms with van der Waals surface area (Å²) >= 11 is 0. The molecular formula is C11H10F6N2O2. The lowest BCUT2D eigenvalue weighted by Crippen LogP contribution is -2.24. The van der Waals surface area contributed by atoms with Crippen molar-refractivity contribution in [3.8, 4) is 0 Å². The van der Waals surface area contributed by atoms with Crippen LogP contribution in [0.1, 0.15) is 16.7 Å². The molecule has 0 aliphatic heterocycles. The molecule has 0 aliphatic rings. The number of rotatable bonds is 5. The van der Waals surface area contributed by atoms with Gasteiger partial charge in [0.1, 0.15) is 6.61 Å². The molecule has 4 nitrogen and oxygen atoms in total. The highest BCUT2D eigenvalue weighted by Crippen LogP contribution is 2.36. The number of nitrogens with one attached hydrogen (secondary N) is 1. The molecule has 0 saturated heterocycles. The number of nitrogens with two attached hydrogens (primary N) is 1. The number of benzene rings is 1. The molecule has 0 unspecified atom stereocenters. The second-order valence-corrected chi connectivity index (χ2v) is 3.99. The largest absolute Gasteiger partial charge is 0.416 e. The number of carbonyl (C=O) groups is 1. The quantitative estimate of drug-likeness (QED) is 0.497. The van der Waals surface area contributed by atoms with Crippen LogP contribution in [0.5, 0.6) is 0 Å². The lowest BCUT2D eigenvalue weighted by Gasteiger charge is -2.14. The first kappa shape index (κ1) is 17.2. The first-order chi connectivity index (χ1) is 9.50. The molecule has 0 spiro atoms. The van der Waals surface area contributed by atoms with Crippen LogP contribution in [-0.2, 0) is 28.5 Å². The average molecular weight is 316 g/mol. The summed E-state index contributed by atoms with van der Waals surface area (Å²) in [5, 5.41) is 0. The Hall–Kier alpha value is -1.81. The first-order valence-electron chi connectivity index (χ1n) is 5.41. The molecule has 0 radical (unpaired) electrons. The number of hydrogen-bond donors (Lipinski definition) is 2. The van der Waals surface area contributed by atoms with E-state index in [0.717, 1.165) is 0 Å². The van der Waals surface area contributed by atoms with Gasteiger partial charge in [-0.15, -0.1) is 0 Å². The highest BCUT2D eigenvalue weighted by atomic mass is 19.4. The fourth-order valence-electron chi connectivity index (χ4n) is 1.38. The highest BCUT2D eigenvalue weighted by molar-refractivity contribution is 5.74. The highest BCUT2D eigenvalue weighted by Gasteiger charge is 2.36. The molecule has 1 amide bonds. The fourth-order valence-corrected chi connectivity index (χ4v) is 1.38. The van der Waals surface area contributed by atoms with E-state index >= 15 is 0 Å². The summed E-state index contributed by atoms with van der Waals surface area (Å²) < 4.78 is 75.3. The summed E-state index contributed by atoms with van der Waals surface area (Å²) in [4.78, 5) is 14.8. The molecule has 1 aromatic carbocycles. The molecule has 0 fully saturated rings. The Bertz CT molecular complexity index is 480. The molecule has 10 heteroatoms. The van der Waals surface area contributed by atoms with Crippen molar-refractivity contribution < 1.29 is 36.0 Å². The molecule has 0 bridgehead atoms. The van der Waals surface area contributed by atoms with Crippen molar-refractivity contribution in [2.75, 3.05) is 6.61 Å². The molecule has 21 heavy (non-hydrogen) atoms. The molecule has 0 heterocycles. The minimum absolute atomic E-state index is 0.0216. The summed E-state index contributed by atoms with van der Waals surface area (Å²) in [5.41, 5.74) is 3.63. The first-order valence-corrected chi connectivity index (χ1v) is 5.41. The zero-order valence-electron chi connectivity index (χ0n) is 10.3. The Morgan fingerprint density at radius 1 is 1.05 bits per heavy atom. The zero-order valence-corrected chi connectivity index (χ0v) is 10.3. The third-order valence-electron chi connectivity index (χ3n) is 2.24. The number of carbonyl (C=O) groups excluding carboxylic acids is 1. The SMILES string of the molecule is NC(=O)CONCc1cc(C(F)(F)F)cc(C(F)(F)F)c1. The van der Waals surface area contributed by atoms with Crippen LogP contribution >= 0.6 is 0 Å². The summed E-state index contributed by atoms with van der Waals surface area (Å²) in [6.07, 6.45) is -9.83. The molecular weight excluding hydrogens is 306 g/mol. The van der Waals surface area contributed by atoms with Gasteiger partial charge in [-0.1, -0.05) is 0 Å². The van der Waals surface area contributed by atoms with E-state index in [-0.39, 0.29) is 11.6 Å². The maximum atomic E-state index is 12.6. The zero-order chi connectivity index (χ0) is 16.3. The van der Waals surface area contributed by atoms with Gasteiger partial charge in [-0.05, 0) is 23.8 Å². The lowest BCUT2D eigenvalue weighted by molar-refractivity contribution is -0.143. The maximum Gasteiger partial charge on any atom is 0.416 e. The normalized spacial score (nSPS) is 12.5. The summed E-state index contributed by atoms with van der Waals surface area (Å²) in [7, 11) is 0. The Morgan fingerprint density at radius 3 is 1.90 bits per heavy atom. The Labute approximate surface area is 114 Å². The minimum Gasteiger partial charge on any atom is -0.368 e. The minimum atomic E-state index is -4.91. The van der Waals surface area contributed by atoms with Gasteiger partial charge in [0.2, 0.25) is 5.91 Å². The summed E-state index contributed by atoms with van der Waals surface area (Å²) in [6, 6.07) is 1.12. The fraction of sp³-hybridized carbons (Fsp3) is 0.364. The van der Waals surface area contributed by atoms with Gasteiger partial charge in [-0.25, -0.2) is 0 Å². The van der Waals surface area contributed by atoms with E-state index in [1.165, 1.54) is 0 Å². The van der Waals surface area contributed by atoms with Gasteiger partial charge in [0, 0.05) is 6.54 Å². The van der Waals surface area contributed by atoms with Crippen molar-refractivity contribution in [1.82, 2.24) is 5.48 Å². The van der Waals surface area contributed by atoms with E-state index in [1.807, 2.05) is 0 Å². The number of hydroxylamine groups is 1. The Kier molecular flexibility index (Phi) is 5.18. The number of halogens is 6. The van der Waals surface area contributed by atoms with E-state index in [0.29, 0.717) is 12.1 Å². The van der Waals surface area contributed by atoms with Crippen LogP contribution in [0.2, 0.25) is 0 Å². The monoisotopic (exact) mass is 316 g/mol. The molecule has 0 aromatic heterocycles. The van der Waals surface area contributed by atoms with Gasteiger partial charge < -0.3 is 5.73 Å². The van der Waals surface area contributed by atoms with E-state index in [1.54, 1.807) is 0 Å². The Morgan fingerprint density at radius 2 is 1.52 bits per heavy atom. The molecule has 1 aromatic rings. The van der Waals surface area contributed by atoms with Crippen molar-refractivity contribution in [1.29, 1.82) is 0 Å². The second kappa shape index (κ2) is 6.31. The van der Waals surface area contributed by atoms with Crippen LogP contribution in [0.25, 0.3) is 0 Å².